The highest BCUT2D eigenvalue weighted by Gasteiger charge is 2.44. The van der Waals surface area contributed by atoms with E-state index in [4.69, 9.17) is 14.2 Å². The molecule has 1 aliphatic heterocycles. The van der Waals surface area contributed by atoms with Crippen molar-refractivity contribution in [3.05, 3.63) is 23.3 Å². The molecule has 2 rings (SSSR count). The van der Waals surface area contributed by atoms with Crippen LogP contribution in [-0.4, -0.2) is 31.1 Å². The SMILES string of the molecule is CCOC(=O)C1(C)CC(=O)c2cc(OC)c(C)cc2O1. The zero-order valence-electron chi connectivity index (χ0n) is 12.1. The minimum atomic E-state index is -1.26. The predicted molar refractivity (Wildman–Crippen MR) is 72.3 cm³/mol. The fraction of sp³-hybridized carbons (Fsp3) is 0.467. The summed E-state index contributed by atoms with van der Waals surface area (Å²) < 4.78 is 15.9. The van der Waals surface area contributed by atoms with Crippen molar-refractivity contribution in [3.8, 4) is 11.5 Å². The van der Waals surface area contributed by atoms with Crippen LogP contribution in [0.5, 0.6) is 11.5 Å². The van der Waals surface area contributed by atoms with Gasteiger partial charge in [-0.05, 0) is 38.5 Å². The summed E-state index contributed by atoms with van der Waals surface area (Å²) in [5, 5.41) is 0. The Morgan fingerprint density at radius 1 is 1.45 bits per heavy atom. The first-order valence-corrected chi connectivity index (χ1v) is 6.49. The molecule has 1 unspecified atom stereocenters. The van der Waals surface area contributed by atoms with Crippen LogP contribution in [0.1, 0.15) is 36.2 Å². The van der Waals surface area contributed by atoms with Crippen LogP contribution >= 0.6 is 0 Å². The van der Waals surface area contributed by atoms with Gasteiger partial charge in [-0.3, -0.25) is 4.79 Å². The van der Waals surface area contributed by atoms with Gasteiger partial charge >= 0.3 is 5.97 Å². The molecule has 0 spiro atoms. The van der Waals surface area contributed by atoms with E-state index in [-0.39, 0.29) is 18.8 Å². The lowest BCUT2D eigenvalue weighted by molar-refractivity contribution is -0.160. The van der Waals surface area contributed by atoms with Gasteiger partial charge in [-0.25, -0.2) is 4.79 Å². The van der Waals surface area contributed by atoms with Crippen molar-refractivity contribution in [2.45, 2.75) is 32.8 Å². The van der Waals surface area contributed by atoms with Gasteiger partial charge in [-0.1, -0.05) is 0 Å². The third kappa shape index (κ3) is 2.35. The summed E-state index contributed by atoms with van der Waals surface area (Å²) in [7, 11) is 1.55. The third-order valence-electron chi connectivity index (χ3n) is 3.34. The van der Waals surface area contributed by atoms with Crippen molar-refractivity contribution in [1.29, 1.82) is 0 Å². The van der Waals surface area contributed by atoms with Crippen molar-refractivity contribution in [1.82, 2.24) is 0 Å². The first-order valence-electron chi connectivity index (χ1n) is 6.49. The van der Waals surface area contributed by atoms with Crippen LogP contribution in [0, 0.1) is 6.92 Å². The second kappa shape index (κ2) is 5.15. The first kappa shape index (κ1) is 14.4. The number of carbonyl (C=O) groups excluding carboxylic acids is 2. The average Bonchev–Trinajstić information content (AvgIpc) is 2.38. The number of methoxy groups -OCH3 is 1. The number of fused-ring (bicyclic) bond motifs is 1. The molecular weight excluding hydrogens is 260 g/mol. The smallest absolute Gasteiger partial charge is 0.350 e. The maximum atomic E-state index is 12.2. The van der Waals surface area contributed by atoms with Crippen LogP contribution in [0.4, 0.5) is 0 Å². The van der Waals surface area contributed by atoms with E-state index in [1.165, 1.54) is 0 Å². The first-order chi connectivity index (χ1) is 9.41. The third-order valence-corrected chi connectivity index (χ3v) is 3.34. The number of hydrogen-bond donors (Lipinski definition) is 0. The normalized spacial score (nSPS) is 20.9. The standard InChI is InChI=1S/C15H18O5/c1-5-19-14(17)15(3)8-11(16)10-7-12(18-4)9(2)6-13(10)20-15/h6-7H,5,8H2,1-4H3. The van der Waals surface area contributed by atoms with Crippen LogP contribution < -0.4 is 9.47 Å². The number of aryl methyl sites for hydroxylation is 1. The second-order valence-corrected chi connectivity index (χ2v) is 4.97. The van der Waals surface area contributed by atoms with E-state index >= 15 is 0 Å². The fourth-order valence-corrected chi connectivity index (χ4v) is 2.26. The molecule has 0 aromatic heterocycles. The largest absolute Gasteiger partial charge is 0.496 e. The molecule has 0 N–H and O–H groups in total. The molecule has 5 heteroatoms. The number of ketones is 1. The van der Waals surface area contributed by atoms with Gasteiger partial charge in [0.1, 0.15) is 11.5 Å². The van der Waals surface area contributed by atoms with E-state index in [1.54, 1.807) is 33.1 Å². The van der Waals surface area contributed by atoms with Crippen LogP contribution in [0.15, 0.2) is 12.1 Å². The molecule has 0 fully saturated rings. The van der Waals surface area contributed by atoms with Gasteiger partial charge in [-0.2, -0.15) is 0 Å². The lowest BCUT2D eigenvalue weighted by Crippen LogP contribution is -2.47. The lowest BCUT2D eigenvalue weighted by Gasteiger charge is -2.33. The van der Waals surface area contributed by atoms with Gasteiger partial charge in [0.05, 0.1) is 25.7 Å². The van der Waals surface area contributed by atoms with Crippen LogP contribution in [-0.2, 0) is 9.53 Å². The number of rotatable bonds is 3. The summed E-state index contributed by atoms with van der Waals surface area (Å²) >= 11 is 0. The van der Waals surface area contributed by atoms with E-state index in [2.05, 4.69) is 0 Å². The Balaban J connectivity index is 2.41. The minimum absolute atomic E-state index is 0.0367. The summed E-state index contributed by atoms with van der Waals surface area (Å²) in [5.41, 5.74) is 0.0163. The highest BCUT2D eigenvalue weighted by Crippen LogP contribution is 2.37. The van der Waals surface area contributed by atoms with E-state index < -0.39 is 11.6 Å². The molecule has 1 atom stereocenters. The highest BCUT2D eigenvalue weighted by molar-refractivity contribution is 6.04. The molecule has 0 radical (unpaired) electrons. The van der Waals surface area contributed by atoms with Crippen LogP contribution in [0.25, 0.3) is 0 Å². The summed E-state index contributed by atoms with van der Waals surface area (Å²) in [5.74, 6) is 0.350. The van der Waals surface area contributed by atoms with E-state index in [0.29, 0.717) is 17.1 Å². The Hall–Kier alpha value is -2.04. The summed E-state index contributed by atoms with van der Waals surface area (Å²) in [6, 6.07) is 3.36. The van der Waals surface area contributed by atoms with Gasteiger partial charge in [0, 0.05) is 0 Å². The van der Waals surface area contributed by atoms with Crippen LogP contribution in [0.3, 0.4) is 0 Å². The summed E-state index contributed by atoms with van der Waals surface area (Å²) in [6.45, 7) is 5.39. The zero-order chi connectivity index (χ0) is 14.9. The number of ether oxygens (including phenoxy) is 3. The molecule has 0 amide bonds. The minimum Gasteiger partial charge on any atom is -0.496 e. The molecular formula is C15H18O5. The number of Topliss-reactive ketones (excluding diaryl/α,β-unsaturated/α-hetero) is 1. The summed E-state index contributed by atoms with van der Waals surface area (Å²) in [6.07, 6.45) is -0.0367. The van der Waals surface area contributed by atoms with Gasteiger partial charge in [0.2, 0.25) is 5.60 Å². The predicted octanol–water partition coefficient (Wildman–Crippen LogP) is 2.29. The van der Waals surface area contributed by atoms with Gasteiger partial charge in [0.25, 0.3) is 0 Å². The molecule has 1 aliphatic rings. The van der Waals surface area contributed by atoms with Crippen molar-refractivity contribution in [2.24, 2.45) is 0 Å². The Morgan fingerprint density at radius 2 is 2.15 bits per heavy atom. The average molecular weight is 278 g/mol. The summed E-state index contributed by atoms with van der Waals surface area (Å²) in [4.78, 5) is 24.2. The van der Waals surface area contributed by atoms with Crippen molar-refractivity contribution < 1.29 is 23.8 Å². The second-order valence-electron chi connectivity index (χ2n) is 4.97. The molecule has 1 heterocycles. The Bertz CT molecular complexity index is 564. The number of esters is 1. The molecule has 1 aromatic rings. The fourth-order valence-electron chi connectivity index (χ4n) is 2.26. The molecule has 108 valence electrons. The maximum Gasteiger partial charge on any atom is 0.350 e. The number of carbonyl (C=O) groups is 2. The van der Waals surface area contributed by atoms with Crippen molar-refractivity contribution in [2.75, 3.05) is 13.7 Å². The molecule has 0 saturated heterocycles. The van der Waals surface area contributed by atoms with Gasteiger partial charge in [-0.15, -0.1) is 0 Å². The maximum absolute atomic E-state index is 12.2. The van der Waals surface area contributed by atoms with E-state index in [1.807, 2.05) is 6.92 Å². The van der Waals surface area contributed by atoms with E-state index in [0.717, 1.165) is 5.56 Å². The number of benzene rings is 1. The quantitative estimate of drug-likeness (QED) is 0.794. The van der Waals surface area contributed by atoms with Gasteiger partial charge < -0.3 is 14.2 Å². The van der Waals surface area contributed by atoms with Crippen LogP contribution in [0.2, 0.25) is 0 Å². The zero-order valence-corrected chi connectivity index (χ0v) is 12.1. The molecule has 0 bridgehead atoms. The molecule has 0 saturated carbocycles. The van der Waals surface area contributed by atoms with Crippen molar-refractivity contribution >= 4 is 11.8 Å². The van der Waals surface area contributed by atoms with Crippen molar-refractivity contribution in [3.63, 3.8) is 0 Å². The highest BCUT2D eigenvalue weighted by atomic mass is 16.6. The number of hydrogen-bond acceptors (Lipinski definition) is 5. The molecule has 0 aliphatic carbocycles. The Labute approximate surface area is 117 Å². The topological polar surface area (TPSA) is 61.8 Å². The Morgan fingerprint density at radius 3 is 2.75 bits per heavy atom. The van der Waals surface area contributed by atoms with Gasteiger partial charge in [0.15, 0.2) is 5.78 Å². The Kier molecular flexibility index (Phi) is 3.70. The molecule has 1 aromatic carbocycles. The molecule has 5 nitrogen and oxygen atoms in total. The molecule has 20 heavy (non-hydrogen) atoms. The lowest BCUT2D eigenvalue weighted by atomic mass is 9.90. The monoisotopic (exact) mass is 278 g/mol. The van der Waals surface area contributed by atoms with E-state index in [9.17, 15) is 9.59 Å².